The number of nitrogens with two attached hydrogens (primary N) is 1. The van der Waals surface area contributed by atoms with Crippen LogP contribution in [0.2, 0.25) is 0 Å². The van der Waals surface area contributed by atoms with Crippen LogP contribution in [0.5, 0.6) is 0 Å². The summed E-state index contributed by atoms with van der Waals surface area (Å²) in [5, 5.41) is 2.48. The van der Waals surface area contributed by atoms with Crippen molar-refractivity contribution in [3.05, 3.63) is 0 Å². The monoisotopic (exact) mass is 184 g/mol. The van der Waals surface area contributed by atoms with E-state index >= 15 is 0 Å². The van der Waals surface area contributed by atoms with Crippen molar-refractivity contribution in [2.75, 3.05) is 33.2 Å². The fraction of sp³-hybridized carbons (Fsp3) is 1.00. The summed E-state index contributed by atoms with van der Waals surface area (Å²) in [4.78, 5) is 1.75. The number of rotatable bonds is 1. The van der Waals surface area contributed by atoms with Crippen molar-refractivity contribution in [3.63, 3.8) is 0 Å². The van der Waals surface area contributed by atoms with Crippen molar-refractivity contribution in [1.82, 2.24) is 0 Å². The van der Waals surface area contributed by atoms with Crippen LogP contribution in [0.3, 0.4) is 0 Å². The van der Waals surface area contributed by atoms with Crippen molar-refractivity contribution in [3.8, 4) is 0 Å². The summed E-state index contributed by atoms with van der Waals surface area (Å²) in [7, 11) is 2.34. The number of likely N-dealkylation sites (tertiary alicyclic amines) is 1. The van der Waals surface area contributed by atoms with E-state index in [1.807, 2.05) is 0 Å². The van der Waals surface area contributed by atoms with Gasteiger partial charge in [0.15, 0.2) is 0 Å². The SMILES string of the molecule is C[NH+]1CCC(C2CC[NH2+]CC2)CC1. The third-order valence-corrected chi connectivity index (χ3v) is 4.03. The molecule has 0 atom stereocenters. The minimum absolute atomic E-state index is 1.08. The van der Waals surface area contributed by atoms with Crippen molar-refractivity contribution in [2.45, 2.75) is 25.7 Å². The Morgan fingerprint density at radius 3 is 2.08 bits per heavy atom. The predicted octanol–water partition coefficient (Wildman–Crippen LogP) is -1.12. The molecule has 2 heteroatoms. The van der Waals surface area contributed by atoms with Gasteiger partial charge in [0.25, 0.3) is 0 Å². The van der Waals surface area contributed by atoms with Gasteiger partial charge in [0.2, 0.25) is 0 Å². The fourth-order valence-corrected chi connectivity index (χ4v) is 3.03. The molecule has 0 bridgehead atoms. The van der Waals surface area contributed by atoms with E-state index in [1.54, 1.807) is 4.90 Å². The largest absolute Gasteiger partial charge is 0.346 e. The molecule has 0 aromatic heterocycles. The van der Waals surface area contributed by atoms with Crippen molar-refractivity contribution < 1.29 is 10.2 Å². The highest BCUT2D eigenvalue weighted by Crippen LogP contribution is 2.26. The Labute approximate surface area is 81.7 Å². The minimum Gasteiger partial charge on any atom is -0.346 e. The summed E-state index contributed by atoms with van der Waals surface area (Å²) in [6.45, 7) is 5.63. The molecule has 13 heavy (non-hydrogen) atoms. The number of hydrogen-bond donors (Lipinski definition) is 2. The van der Waals surface area contributed by atoms with Crippen LogP contribution in [0.4, 0.5) is 0 Å². The molecule has 2 nitrogen and oxygen atoms in total. The maximum Gasteiger partial charge on any atom is 0.0771 e. The lowest BCUT2D eigenvalue weighted by Gasteiger charge is -2.33. The van der Waals surface area contributed by atoms with Gasteiger partial charge in [0.1, 0.15) is 0 Å². The van der Waals surface area contributed by atoms with Crippen LogP contribution >= 0.6 is 0 Å². The third kappa shape index (κ3) is 2.44. The fourth-order valence-electron chi connectivity index (χ4n) is 3.03. The minimum atomic E-state index is 1.08. The molecule has 76 valence electrons. The second-order valence-corrected chi connectivity index (χ2v) is 5.00. The van der Waals surface area contributed by atoms with E-state index < -0.39 is 0 Å². The lowest BCUT2D eigenvalue weighted by Crippen LogP contribution is -3.10. The molecular formula is C11H24N2+2. The maximum atomic E-state index is 2.48. The first-order valence-electron chi connectivity index (χ1n) is 5.99. The highest BCUT2D eigenvalue weighted by molar-refractivity contribution is 4.73. The van der Waals surface area contributed by atoms with E-state index in [2.05, 4.69) is 12.4 Å². The van der Waals surface area contributed by atoms with Crippen LogP contribution in [-0.4, -0.2) is 33.2 Å². The molecule has 0 unspecified atom stereocenters. The van der Waals surface area contributed by atoms with Gasteiger partial charge >= 0.3 is 0 Å². The Morgan fingerprint density at radius 1 is 0.923 bits per heavy atom. The Bertz CT molecular complexity index is 144. The van der Waals surface area contributed by atoms with Crippen LogP contribution in [-0.2, 0) is 0 Å². The molecule has 2 aliphatic heterocycles. The molecule has 0 aromatic rings. The molecule has 2 aliphatic rings. The summed E-state index contributed by atoms with van der Waals surface area (Å²) in [6.07, 6.45) is 5.97. The van der Waals surface area contributed by atoms with Gasteiger partial charge in [0, 0.05) is 0 Å². The first-order chi connectivity index (χ1) is 6.36. The van der Waals surface area contributed by atoms with Crippen molar-refractivity contribution >= 4 is 0 Å². The number of hydrogen-bond acceptors (Lipinski definition) is 0. The second kappa shape index (κ2) is 4.43. The van der Waals surface area contributed by atoms with Gasteiger partial charge in [0.05, 0.1) is 33.2 Å². The summed E-state index contributed by atoms with van der Waals surface area (Å²) in [5.41, 5.74) is 0. The molecule has 0 aromatic carbocycles. The summed E-state index contributed by atoms with van der Waals surface area (Å²) in [6, 6.07) is 0. The second-order valence-electron chi connectivity index (χ2n) is 5.00. The van der Waals surface area contributed by atoms with E-state index in [4.69, 9.17) is 0 Å². The quantitative estimate of drug-likeness (QED) is 0.515. The lowest BCUT2D eigenvalue weighted by molar-refractivity contribution is -0.886. The standard InChI is InChI=1S/C11H22N2/c1-13-8-4-11(5-9-13)10-2-6-12-7-3-10/h10-12H,2-9H2,1H3/p+2. The van der Waals surface area contributed by atoms with E-state index in [0.717, 1.165) is 11.8 Å². The van der Waals surface area contributed by atoms with E-state index in [0.29, 0.717) is 0 Å². The van der Waals surface area contributed by atoms with Gasteiger partial charge in [-0.25, -0.2) is 0 Å². The molecule has 2 saturated heterocycles. The van der Waals surface area contributed by atoms with Crippen LogP contribution in [0.15, 0.2) is 0 Å². The van der Waals surface area contributed by atoms with E-state index in [9.17, 15) is 0 Å². The summed E-state index contributed by atoms with van der Waals surface area (Å²) >= 11 is 0. The molecular weight excluding hydrogens is 160 g/mol. The van der Waals surface area contributed by atoms with Gasteiger partial charge in [-0.15, -0.1) is 0 Å². The maximum absolute atomic E-state index is 2.48. The Hall–Kier alpha value is -0.0800. The first-order valence-corrected chi connectivity index (χ1v) is 5.99. The van der Waals surface area contributed by atoms with Gasteiger partial charge in [-0.1, -0.05) is 0 Å². The van der Waals surface area contributed by atoms with Gasteiger partial charge in [-0.05, 0) is 37.5 Å². The van der Waals surface area contributed by atoms with E-state index in [1.165, 1.54) is 51.9 Å². The molecule has 3 N–H and O–H groups in total. The Balaban J connectivity index is 1.79. The number of nitrogens with one attached hydrogen (secondary N) is 1. The van der Waals surface area contributed by atoms with Crippen molar-refractivity contribution in [1.29, 1.82) is 0 Å². The smallest absolute Gasteiger partial charge is 0.0771 e. The first kappa shape index (κ1) is 9.47. The molecule has 0 aliphatic carbocycles. The van der Waals surface area contributed by atoms with E-state index in [-0.39, 0.29) is 0 Å². The number of piperidine rings is 2. The Morgan fingerprint density at radius 2 is 1.46 bits per heavy atom. The van der Waals surface area contributed by atoms with Gasteiger partial charge in [-0.2, -0.15) is 0 Å². The topological polar surface area (TPSA) is 21.1 Å². The molecule has 0 amide bonds. The van der Waals surface area contributed by atoms with Crippen LogP contribution in [0.25, 0.3) is 0 Å². The highest BCUT2D eigenvalue weighted by Gasteiger charge is 2.28. The number of quaternary nitrogens is 2. The van der Waals surface area contributed by atoms with Gasteiger partial charge in [-0.3, -0.25) is 0 Å². The third-order valence-electron chi connectivity index (χ3n) is 4.03. The lowest BCUT2D eigenvalue weighted by atomic mass is 9.79. The zero-order valence-electron chi connectivity index (χ0n) is 8.89. The van der Waals surface area contributed by atoms with Crippen LogP contribution in [0.1, 0.15) is 25.7 Å². The highest BCUT2D eigenvalue weighted by atomic mass is 15.1. The average Bonchev–Trinajstić information content (AvgIpc) is 2.20. The average molecular weight is 184 g/mol. The van der Waals surface area contributed by atoms with Gasteiger partial charge < -0.3 is 10.2 Å². The molecule has 2 rings (SSSR count). The molecule has 0 saturated carbocycles. The summed E-state index contributed by atoms with van der Waals surface area (Å²) in [5.74, 6) is 2.16. The normalized spacial score (nSPS) is 37.6. The molecule has 2 fully saturated rings. The molecule has 0 spiro atoms. The predicted molar refractivity (Wildman–Crippen MR) is 53.7 cm³/mol. The zero-order chi connectivity index (χ0) is 9.10. The van der Waals surface area contributed by atoms with Crippen LogP contribution < -0.4 is 10.2 Å². The zero-order valence-corrected chi connectivity index (χ0v) is 8.89. The van der Waals surface area contributed by atoms with Crippen molar-refractivity contribution in [2.24, 2.45) is 11.8 Å². The van der Waals surface area contributed by atoms with Crippen LogP contribution in [0, 0.1) is 11.8 Å². The Kier molecular flexibility index (Phi) is 3.23. The summed E-state index contributed by atoms with van der Waals surface area (Å²) < 4.78 is 0. The molecule has 2 heterocycles. The molecule has 0 radical (unpaired) electrons.